The number of H-pyrrole nitrogens is 1. The van der Waals surface area contributed by atoms with E-state index in [1.54, 1.807) is 13.8 Å². The minimum absolute atomic E-state index is 0.0696. The largest absolute Gasteiger partial charge is 0.480 e. The number of unbranched alkanes of at least 4 members (excludes halogenated alkanes) is 1. The normalized spacial score (nSPS) is 14.7. The molecule has 1 aromatic heterocycles. The highest BCUT2D eigenvalue weighted by atomic mass is 16.4. The number of aliphatic hydroxyl groups is 1. The van der Waals surface area contributed by atoms with Gasteiger partial charge in [-0.25, -0.2) is 9.78 Å². The molecule has 13 nitrogen and oxygen atoms in total. The van der Waals surface area contributed by atoms with Gasteiger partial charge in [0.25, 0.3) is 0 Å². The number of nitrogens with zero attached hydrogens (tertiary/aromatic N) is 1. The summed E-state index contributed by atoms with van der Waals surface area (Å²) in [6.07, 6.45) is 4.52. The summed E-state index contributed by atoms with van der Waals surface area (Å²) in [5.41, 5.74) is 11.8. The lowest BCUT2D eigenvalue weighted by Gasteiger charge is -2.26. The van der Waals surface area contributed by atoms with Crippen molar-refractivity contribution in [1.29, 1.82) is 0 Å². The Labute approximate surface area is 192 Å². The molecule has 33 heavy (non-hydrogen) atoms. The van der Waals surface area contributed by atoms with Crippen LogP contribution in [0.5, 0.6) is 0 Å². The lowest BCUT2D eigenvalue weighted by atomic mass is 10.0. The van der Waals surface area contributed by atoms with Crippen LogP contribution in [0.15, 0.2) is 12.5 Å². The second-order valence-electron chi connectivity index (χ2n) is 8.05. The van der Waals surface area contributed by atoms with Crippen molar-refractivity contribution in [2.75, 3.05) is 13.2 Å². The fourth-order valence-electron chi connectivity index (χ4n) is 2.98. The third-order valence-corrected chi connectivity index (χ3v) is 4.96. The Hall–Kier alpha value is -3.03. The predicted octanol–water partition coefficient (Wildman–Crippen LogP) is -2.40. The number of nitrogens with two attached hydrogens (primary N) is 2. The van der Waals surface area contributed by atoms with Gasteiger partial charge >= 0.3 is 5.97 Å². The zero-order valence-corrected chi connectivity index (χ0v) is 18.9. The molecular formula is C20H35N7O6. The summed E-state index contributed by atoms with van der Waals surface area (Å²) in [6, 6.07) is -4.56. The molecule has 1 aromatic rings. The van der Waals surface area contributed by atoms with Gasteiger partial charge in [-0.3, -0.25) is 14.4 Å². The maximum Gasteiger partial charge on any atom is 0.326 e. The van der Waals surface area contributed by atoms with Crippen molar-refractivity contribution in [3.8, 4) is 0 Å². The average Bonchev–Trinajstić information content (AvgIpc) is 3.27. The van der Waals surface area contributed by atoms with Crippen LogP contribution in [-0.2, 0) is 25.6 Å². The van der Waals surface area contributed by atoms with Crippen LogP contribution >= 0.6 is 0 Å². The molecule has 1 heterocycles. The molecule has 1 rings (SSSR count). The molecule has 13 heteroatoms. The van der Waals surface area contributed by atoms with Crippen LogP contribution in [0.4, 0.5) is 0 Å². The molecule has 0 spiro atoms. The molecule has 10 N–H and O–H groups in total. The second-order valence-corrected chi connectivity index (χ2v) is 8.05. The first-order valence-electron chi connectivity index (χ1n) is 10.8. The number of aliphatic hydroxyl groups excluding tert-OH is 1. The van der Waals surface area contributed by atoms with Gasteiger partial charge in [0, 0.05) is 18.3 Å². The summed E-state index contributed by atoms with van der Waals surface area (Å²) < 4.78 is 0. The van der Waals surface area contributed by atoms with E-state index in [1.807, 2.05) is 0 Å². The molecule has 0 aliphatic rings. The maximum absolute atomic E-state index is 12.7. The molecule has 0 saturated heterocycles. The van der Waals surface area contributed by atoms with E-state index in [0.717, 1.165) is 6.42 Å². The van der Waals surface area contributed by atoms with Gasteiger partial charge in [-0.2, -0.15) is 0 Å². The fourth-order valence-corrected chi connectivity index (χ4v) is 2.98. The molecule has 0 aliphatic carbocycles. The molecule has 0 aliphatic heterocycles. The minimum atomic E-state index is -1.42. The van der Waals surface area contributed by atoms with Crippen molar-refractivity contribution >= 4 is 23.7 Å². The summed E-state index contributed by atoms with van der Waals surface area (Å²) in [4.78, 5) is 55.7. The number of carboxylic acid groups (broad SMARTS) is 1. The topological polar surface area (TPSA) is 226 Å². The number of aromatic nitrogens is 2. The molecule has 186 valence electrons. The van der Waals surface area contributed by atoms with Gasteiger partial charge in [-0.05, 0) is 25.3 Å². The fraction of sp³-hybridized carbons (Fsp3) is 0.650. The first kappa shape index (κ1) is 28.0. The SMILES string of the molecule is CC(C)C(NC(=O)C(N)CCCCN)C(=O)NC(CO)C(=O)NC(Cc1cnc[nH]1)C(=O)O. The van der Waals surface area contributed by atoms with Crippen molar-refractivity contribution in [2.45, 2.75) is 63.7 Å². The molecular weight excluding hydrogens is 434 g/mol. The number of aromatic amines is 1. The van der Waals surface area contributed by atoms with Crippen LogP contribution in [0.2, 0.25) is 0 Å². The van der Waals surface area contributed by atoms with Crippen LogP contribution in [-0.4, -0.2) is 81.2 Å². The Morgan fingerprint density at radius 3 is 2.24 bits per heavy atom. The number of carboxylic acids is 1. The van der Waals surface area contributed by atoms with Crippen molar-refractivity contribution in [1.82, 2.24) is 25.9 Å². The number of rotatable bonds is 15. The number of hydrogen-bond acceptors (Lipinski definition) is 8. The van der Waals surface area contributed by atoms with Gasteiger partial charge in [0.15, 0.2) is 0 Å². The van der Waals surface area contributed by atoms with E-state index >= 15 is 0 Å². The van der Waals surface area contributed by atoms with E-state index in [1.165, 1.54) is 12.5 Å². The van der Waals surface area contributed by atoms with Gasteiger partial charge < -0.3 is 42.6 Å². The van der Waals surface area contributed by atoms with Gasteiger partial charge in [-0.15, -0.1) is 0 Å². The molecule has 0 saturated carbocycles. The highest BCUT2D eigenvalue weighted by Crippen LogP contribution is 2.06. The van der Waals surface area contributed by atoms with Gasteiger partial charge in [-0.1, -0.05) is 20.3 Å². The molecule has 4 atom stereocenters. The average molecular weight is 470 g/mol. The standard InChI is InChI=1S/C20H35N7O6/c1-11(2)16(27-17(29)13(22)5-3-4-6-21)19(31)26-15(9-28)18(30)25-14(20(32)33)7-12-8-23-10-24-12/h8,10-11,13-16,28H,3-7,9,21-22H2,1-2H3,(H,23,24)(H,25,30)(H,26,31)(H,27,29)(H,32,33). The summed E-state index contributed by atoms with van der Waals surface area (Å²) in [7, 11) is 0. The molecule has 4 unspecified atom stereocenters. The Kier molecular flexibility index (Phi) is 12.0. The zero-order valence-electron chi connectivity index (χ0n) is 18.9. The van der Waals surface area contributed by atoms with Crippen molar-refractivity contribution in [3.63, 3.8) is 0 Å². The molecule has 0 aromatic carbocycles. The monoisotopic (exact) mass is 469 g/mol. The molecule has 0 radical (unpaired) electrons. The van der Waals surface area contributed by atoms with E-state index in [2.05, 4.69) is 25.9 Å². The Bertz CT molecular complexity index is 771. The molecule has 0 fully saturated rings. The Balaban J connectivity index is 2.76. The van der Waals surface area contributed by atoms with E-state index in [4.69, 9.17) is 11.5 Å². The van der Waals surface area contributed by atoms with E-state index in [0.29, 0.717) is 25.1 Å². The van der Waals surface area contributed by atoms with E-state index < -0.39 is 54.5 Å². The number of amides is 3. The Morgan fingerprint density at radius 1 is 1.06 bits per heavy atom. The van der Waals surface area contributed by atoms with Crippen molar-refractivity contribution in [2.24, 2.45) is 17.4 Å². The van der Waals surface area contributed by atoms with Gasteiger partial charge in [0.2, 0.25) is 17.7 Å². The van der Waals surface area contributed by atoms with Crippen LogP contribution in [0.1, 0.15) is 38.8 Å². The van der Waals surface area contributed by atoms with E-state index in [9.17, 15) is 29.4 Å². The van der Waals surface area contributed by atoms with E-state index in [-0.39, 0.29) is 12.3 Å². The van der Waals surface area contributed by atoms with Crippen LogP contribution < -0.4 is 27.4 Å². The van der Waals surface area contributed by atoms with Gasteiger partial charge in [0.05, 0.1) is 19.0 Å². The van der Waals surface area contributed by atoms with Crippen LogP contribution in [0.25, 0.3) is 0 Å². The highest BCUT2D eigenvalue weighted by molar-refractivity contribution is 5.94. The summed E-state index contributed by atoms with van der Waals surface area (Å²) in [6.45, 7) is 3.11. The first-order chi connectivity index (χ1) is 15.6. The van der Waals surface area contributed by atoms with Gasteiger partial charge in [0.1, 0.15) is 18.1 Å². The number of aliphatic carboxylic acids is 1. The second kappa shape index (κ2) is 14.2. The van der Waals surface area contributed by atoms with Crippen LogP contribution in [0, 0.1) is 5.92 Å². The lowest BCUT2D eigenvalue weighted by Crippen LogP contribution is -2.59. The zero-order chi connectivity index (χ0) is 25.0. The predicted molar refractivity (Wildman–Crippen MR) is 119 cm³/mol. The number of imidazole rings is 1. The Morgan fingerprint density at radius 2 is 1.73 bits per heavy atom. The number of carbonyl (C=O) groups excluding carboxylic acids is 3. The lowest BCUT2D eigenvalue weighted by molar-refractivity contribution is -0.142. The summed E-state index contributed by atoms with van der Waals surface area (Å²) >= 11 is 0. The highest BCUT2D eigenvalue weighted by Gasteiger charge is 2.31. The summed E-state index contributed by atoms with van der Waals surface area (Å²) in [5, 5.41) is 26.2. The number of hydrogen-bond donors (Lipinski definition) is 8. The number of nitrogens with one attached hydrogen (secondary N) is 4. The van der Waals surface area contributed by atoms with Crippen molar-refractivity contribution < 1.29 is 29.4 Å². The quantitative estimate of drug-likeness (QED) is 0.128. The minimum Gasteiger partial charge on any atom is -0.480 e. The van der Waals surface area contributed by atoms with Crippen molar-refractivity contribution in [3.05, 3.63) is 18.2 Å². The smallest absolute Gasteiger partial charge is 0.326 e. The third-order valence-electron chi connectivity index (χ3n) is 4.96. The third kappa shape index (κ3) is 9.55. The molecule has 0 bridgehead atoms. The number of carbonyl (C=O) groups is 4. The first-order valence-corrected chi connectivity index (χ1v) is 10.8. The maximum atomic E-state index is 12.7. The van der Waals surface area contributed by atoms with Crippen LogP contribution in [0.3, 0.4) is 0 Å². The molecule has 3 amide bonds. The summed E-state index contributed by atoms with van der Waals surface area (Å²) in [5.74, 6) is -3.75.